The molecule has 0 aliphatic carbocycles. The van der Waals surface area contributed by atoms with E-state index in [4.69, 9.17) is 4.74 Å². The lowest BCUT2D eigenvalue weighted by Gasteiger charge is -2.31. The van der Waals surface area contributed by atoms with Crippen molar-refractivity contribution in [3.8, 4) is 0 Å². The molecule has 2 aromatic rings. The van der Waals surface area contributed by atoms with Crippen molar-refractivity contribution in [1.82, 2.24) is 10.2 Å². The van der Waals surface area contributed by atoms with Gasteiger partial charge in [-0.1, -0.05) is 44.2 Å². The number of hydrogen-bond donors (Lipinski definition) is 2. The third-order valence-electron chi connectivity index (χ3n) is 6.47. The van der Waals surface area contributed by atoms with Crippen molar-refractivity contribution in [1.29, 1.82) is 0 Å². The summed E-state index contributed by atoms with van der Waals surface area (Å²) in [6.07, 6.45) is 0.769. The maximum Gasteiger partial charge on any atom is 0.320 e. The average Bonchev–Trinajstić information content (AvgIpc) is 2.96. The van der Waals surface area contributed by atoms with Gasteiger partial charge in [-0.05, 0) is 36.6 Å². The van der Waals surface area contributed by atoms with Crippen LogP contribution in [0.4, 0.5) is 21.9 Å². The number of anilines is 3. The fraction of sp³-hybridized carbons (Fsp3) is 0.444. The van der Waals surface area contributed by atoms with Gasteiger partial charge in [0.05, 0.1) is 24.6 Å². The lowest BCUT2D eigenvalue weighted by Crippen LogP contribution is -2.57. The van der Waals surface area contributed by atoms with Gasteiger partial charge >= 0.3 is 6.03 Å². The van der Waals surface area contributed by atoms with Crippen LogP contribution in [0, 0.1) is 5.92 Å². The molecule has 0 bridgehead atoms. The van der Waals surface area contributed by atoms with Crippen molar-refractivity contribution in [2.45, 2.75) is 26.3 Å². The van der Waals surface area contributed by atoms with Crippen LogP contribution in [0.2, 0.25) is 0 Å². The van der Waals surface area contributed by atoms with Crippen LogP contribution in [0.15, 0.2) is 54.6 Å². The Morgan fingerprint density at radius 2 is 1.47 bits per heavy atom. The van der Waals surface area contributed by atoms with Crippen molar-refractivity contribution in [3.05, 3.63) is 54.6 Å². The van der Waals surface area contributed by atoms with Crippen molar-refractivity contribution < 1.29 is 19.1 Å². The van der Waals surface area contributed by atoms with Crippen LogP contribution in [0.1, 0.15) is 20.3 Å². The highest BCUT2D eigenvalue weighted by Crippen LogP contribution is 2.33. The van der Waals surface area contributed by atoms with Crippen LogP contribution in [0.25, 0.3) is 0 Å². The number of amides is 4. The summed E-state index contributed by atoms with van der Waals surface area (Å²) in [5, 5.41) is 5.38. The van der Waals surface area contributed by atoms with Gasteiger partial charge in [-0.25, -0.2) is 4.79 Å². The van der Waals surface area contributed by atoms with E-state index in [1.165, 1.54) is 0 Å². The molecule has 0 aromatic heterocycles. The second-order valence-corrected chi connectivity index (χ2v) is 9.50. The second-order valence-electron chi connectivity index (χ2n) is 9.50. The topological polar surface area (TPSA) is 94.2 Å². The van der Waals surface area contributed by atoms with Crippen LogP contribution in [0.5, 0.6) is 0 Å². The fourth-order valence-corrected chi connectivity index (χ4v) is 4.43. The molecule has 4 rings (SSSR count). The molecule has 0 saturated carbocycles. The molecule has 0 radical (unpaired) electrons. The predicted octanol–water partition coefficient (Wildman–Crippen LogP) is 2.93. The van der Waals surface area contributed by atoms with E-state index < -0.39 is 23.9 Å². The molecule has 2 aliphatic heterocycles. The molecule has 192 valence electrons. The number of hydrogen-bond acceptors (Lipinski definition) is 5. The van der Waals surface area contributed by atoms with Crippen LogP contribution in [0.3, 0.4) is 0 Å². The molecular formula is C27H35N5O4. The van der Waals surface area contributed by atoms with Gasteiger partial charge in [-0.15, -0.1) is 0 Å². The molecule has 1 atom stereocenters. The monoisotopic (exact) mass is 493 g/mol. The highest BCUT2D eigenvalue weighted by Gasteiger charge is 2.41. The first-order valence-electron chi connectivity index (χ1n) is 12.6. The maximum absolute atomic E-state index is 13.9. The van der Waals surface area contributed by atoms with E-state index in [2.05, 4.69) is 29.4 Å². The Morgan fingerprint density at radius 1 is 0.889 bits per heavy atom. The van der Waals surface area contributed by atoms with E-state index in [0.29, 0.717) is 55.8 Å². The number of benzene rings is 2. The Labute approximate surface area is 212 Å². The van der Waals surface area contributed by atoms with Gasteiger partial charge in [0.25, 0.3) is 11.8 Å². The zero-order valence-corrected chi connectivity index (χ0v) is 21.0. The molecule has 2 aliphatic rings. The normalized spacial score (nSPS) is 18.7. The first kappa shape index (κ1) is 25.7. The smallest absolute Gasteiger partial charge is 0.320 e. The Balaban J connectivity index is 1.62. The van der Waals surface area contributed by atoms with E-state index in [1.54, 1.807) is 34.1 Å². The van der Waals surface area contributed by atoms with Crippen molar-refractivity contribution in [3.63, 3.8) is 0 Å². The highest BCUT2D eigenvalue weighted by molar-refractivity contribution is 6.21. The molecule has 2 heterocycles. The van der Waals surface area contributed by atoms with Crippen LogP contribution < -0.4 is 20.4 Å². The Morgan fingerprint density at radius 3 is 2.08 bits per heavy atom. The molecular weight excluding hydrogens is 458 g/mol. The number of nitrogens with zero attached hydrogens (tertiary/aromatic N) is 3. The molecule has 9 heteroatoms. The summed E-state index contributed by atoms with van der Waals surface area (Å²) < 4.78 is 5.44. The van der Waals surface area contributed by atoms with Gasteiger partial charge in [0.2, 0.25) is 0 Å². The molecule has 36 heavy (non-hydrogen) atoms. The molecule has 2 N–H and O–H groups in total. The number of carbonyl (C=O) groups excluding carboxylic acids is 3. The first-order valence-corrected chi connectivity index (χ1v) is 12.6. The Kier molecular flexibility index (Phi) is 8.56. The number of para-hydroxylation sites is 3. The minimum atomic E-state index is -1.34. The zero-order chi connectivity index (χ0) is 25.5. The molecule has 1 fully saturated rings. The van der Waals surface area contributed by atoms with Gasteiger partial charge in [-0.2, -0.15) is 0 Å². The van der Waals surface area contributed by atoms with E-state index in [9.17, 15) is 14.4 Å². The summed E-state index contributed by atoms with van der Waals surface area (Å²) in [5.41, 5.74) is 1.94. The Bertz CT molecular complexity index is 1060. The number of carbonyl (C=O) groups is 3. The van der Waals surface area contributed by atoms with Gasteiger partial charge in [0.15, 0.2) is 6.04 Å². The number of rotatable bonds is 8. The minimum Gasteiger partial charge on any atom is -0.379 e. The van der Waals surface area contributed by atoms with E-state index in [-0.39, 0.29) is 0 Å². The fourth-order valence-electron chi connectivity index (χ4n) is 4.43. The number of fused-ring (bicyclic) bond motifs is 1. The van der Waals surface area contributed by atoms with E-state index >= 15 is 0 Å². The summed E-state index contributed by atoms with van der Waals surface area (Å²) in [6.45, 7) is 8.61. The first-order chi connectivity index (χ1) is 17.4. The number of morpholine rings is 1. The number of urea groups is 1. The van der Waals surface area contributed by atoms with Gasteiger partial charge in [0, 0.05) is 38.4 Å². The lowest BCUT2D eigenvalue weighted by atomic mass is 10.1. The summed E-state index contributed by atoms with van der Waals surface area (Å²) in [5.74, 6) is -0.490. The number of nitrogens with one attached hydrogen (secondary N) is 2. The summed E-state index contributed by atoms with van der Waals surface area (Å²) >= 11 is 0. The molecule has 9 nitrogen and oxygen atoms in total. The van der Waals surface area contributed by atoms with Crippen molar-refractivity contribution in [2.24, 2.45) is 5.92 Å². The summed E-state index contributed by atoms with van der Waals surface area (Å²) in [7, 11) is 0. The minimum absolute atomic E-state index is 0.370. The molecule has 1 unspecified atom stereocenters. The van der Waals surface area contributed by atoms with E-state index in [1.807, 2.05) is 30.3 Å². The SMILES string of the molecule is CC(C)CCN1C(=O)C(NC(=O)Nc2ccccc2)C(=O)N(CCN2CCOCC2)c2ccccc21. The van der Waals surface area contributed by atoms with Gasteiger partial charge in [0.1, 0.15) is 0 Å². The molecule has 0 spiro atoms. The Hall–Kier alpha value is -3.43. The second kappa shape index (κ2) is 12.0. The standard InChI is InChI=1S/C27H35N5O4/c1-20(2)12-13-31-22-10-6-7-11-23(22)32(15-14-30-16-18-36-19-17-30)26(34)24(25(31)33)29-27(35)28-21-8-4-3-5-9-21/h3-11,20,24H,12-19H2,1-2H3,(H2,28,29,35). The van der Waals surface area contributed by atoms with Gasteiger partial charge < -0.3 is 25.2 Å². The quantitative estimate of drug-likeness (QED) is 0.552. The van der Waals surface area contributed by atoms with Crippen molar-refractivity contribution in [2.75, 3.05) is 61.1 Å². The highest BCUT2D eigenvalue weighted by atomic mass is 16.5. The van der Waals surface area contributed by atoms with Gasteiger partial charge in [-0.3, -0.25) is 14.5 Å². The number of ether oxygens (including phenoxy) is 1. The zero-order valence-electron chi connectivity index (χ0n) is 21.0. The maximum atomic E-state index is 13.9. The predicted molar refractivity (Wildman–Crippen MR) is 140 cm³/mol. The largest absolute Gasteiger partial charge is 0.379 e. The summed E-state index contributed by atoms with van der Waals surface area (Å²) in [6, 6.07) is 14.5. The third kappa shape index (κ3) is 6.22. The van der Waals surface area contributed by atoms with E-state index in [0.717, 1.165) is 19.5 Å². The third-order valence-corrected chi connectivity index (χ3v) is 6.47. The van der Waals surface area contributed by atoms with Crippen LogP contribution in [-0.2, 0) is 14.3 Å². The average molecular weight is 494 g/mol. The molecule has 2 aromatic carbocycles. The van der Waals surface area contributed by atoms with Crippen LogP contribution in [-0.4, -0.2) is 74.7 Å². The molecule has 4 amide bonds. The lowest BCUT2D eigenvalue weighted by molar-refractivity contribution is -0.129. The summed E-state index contributed by atoms with van der Waals surface area (Å²) in [4.78, 5) is 46.0. The van der Waals surface area contributed by atoms with Crippen LogP contribution >= 0.6 is 0 Å². The van der Waals surface area contributed by atoms with Crippen molar-refractivity contribution >= 4 is 34.9 Å². The molecule has 1 saturated heterocycles.